The van der Waals surface area contributed by atoms with Crippen LogP contribution >= 0.6 is 11.3 Å². The van der Waals surface area contributed by atoms with Crippen molar-refractivity contribution in [1.29, 1.82) is 0 Å². The first-order valence-corrected chi connectivity index (χ1v) is 9.21. The highest BCUT2D eigenvalue weighted by atomic mass is 32.2. The van der Waals surface area contributed by atoms with Crippen molar-refractivity contribution in [2.45, 2.75) is 51.9 Å². The molecule has 0 aromatic carbocycles. The zero-order valence-electron chi connectivity index (χ0n) is 13.5. The Kier molecular flexibility index (Phi) is 4.52. The predicted octanol–water partition coefficient (Wildman–Crippen LogP) is 2.87. The Morgan fingerprint density at radius 1 is 1.19 bits per heavy atom. The Hall–Kier alpha value is -1.08. The fraction of sp³-hybridized carbons (Fsp3) is 0.643. The highest BCUT2D eigenvalue weighted by molar-refractivity contribution is 7.91. The molecule has 0 spiro atoms. The molecular weight excluding hydrogens is 310 g/mol. The lowest BCUT2D eigenvalue weighted by Gasteiger charge is -2.22. The summed E-state index contributed by atoms with van der Waals surface area (Å²) in [6.07, 6.45) is 1.18. The van der Waals surface area contributed by atoms with Crippen molar-refractivity contribution in [3.8, 4) is 0 Å². The maximum absolute atomic E-state index is 12.2. The van der Waals surface area contributed by atoms with E-state index in [4.69, 9.17) is 10.5 Å². The molecule has 1 heterocycles. The van der Waals surface area contributed by atoms with Gasteiger partial charge in [-0.3, -0.25) is 0 Å². The third-order valence-corrected chi connectivity index (χ3v) is 7.05. The summed E-state index contributed by atoms with van der Waals surface area (Å²) in [6, 6.07) is 0. The number of rotatable bonds is 3. The van der Waals surface area contributed by atoms with Gasteiger partial charge in [0.2, 0.25) is 0 Å². The average molecular weight is 333 g/mol. The van der Waals surface area contributed by atoms with Gasteiger partial charge in [-0.15, -0.1) is 11.3 Å². The van der Waals surface area contributed by atoms with Crippen molar-refractivity contribution in [1.82, 2.24) is 0 Å². The quantitative estimate of drug-likeness (QED) is 0.860. The molecule has 1 aromatic rings. The number of sulfone groups is 1. The van der Waals surface area contributed by atoms with Gasteiger partial charge in [-0.25, -0.2) is 13.2 Å². The molecule has 7 heteroatoms. The van der Waals surface area contributed by atoms with Crippen LogP contribution in [0.2, 0.25) is 0 Å². The summed E-state index contributed by atoms with van der Waals surface area (Å²) >= 11 is 1.09. The normalized spacial score (nSPS) is 13.3. The van der Waals surface area contributed by atoms with Crippen LogP contribution in [-0.2, 0) is 19.3 Å². The molecule has 0 fully saturated rings. The van der Waals surface area contributed by atoms with E-state index in [0.717, 1.165) is 11.3 Å². The van der Waals surface area contributed by atoms with Crippen molar-refractivity contribution in [2.75, 3.05) is 12.0 Å². The van der Waals surface area contributed by atoms with Crippen LogP contribution in [0.3, 0.4) is 0 Å². The number of anilines is 1. The van der Waals surface area contributed by atoms with Crippen LogP contribution in [0, 0.1) is 6.92 Å². The Morgan fingerprint density at radius 2 is 1.67 bits per heavy atom. The topological polar surface area (TPSA) is 86.5 Å². The second-order valence-corrected chi connectivity index (χ2v) is 10.2. The zero-order valence-corrected chi connectivity index (χ0v) is 15.2. The molecule has 120 valence electrons. The fourth-order valence-corrected chi connectivity index (χ4v) is 3.92. The van der Waals surface area contributed by atoms with Gasteiger partial charge in [-0.05, 0) is 47.1 Å². The van der Waals surface area contributed by atoms with Crippen molar-refractivity contribution in [3.63, 3.8) is 0 Å². The molecule has 0 aliphatic rings. The van der Waals surface area contributed by atoms with E-state index in [-0.39, 0.29) is 4.88 Å². The molecule has 1 aromatic heterocycles. The van der Waals surface area contributed by atoms with Gasteiger partial charge >= 0.3 is 5.97 Å². The largest absolute Gasteiger partial charge is 0.456 e. The zero-order chi connectivity index (χ0) is 16.8. The number of nitrogen functional groups attached to an aromatic ring is 1. The lowest BCUT2D eigenvalue weighted by molar-refractivity contribution is 0.00763. The van der Waals surface area contributed by atoms with Crippen LogP contribution in [0.4, 0.5) is 5.69 Å². The van der Waals surface area contributed by atoms with Gasteiger partial charge in [0.1, 0.15) is 15.2 Å². The van der Waals surface area contributed by atoms with E-state index in [2.05, 4.69) is 0 Å². The monoisotopic (exact) mass is 333 g/mol. The van der Waals surface area contributed by atoms with E-state index in [1.807, 2.05) is 0 Å². The summed E-state index contributed by atoms with van der Waals surface area (Å²) in [7, 11) is -3.34. The van der Waals surface area contributed by atoms with Gasteiger partial charge in [0.05, 0.1) is 5.69 Å². The molecule has 0 radical (unpaired) electrons. The first-order valence-electron chi connectivity index (χ1n) is 6.51. The summed E-state index contributed by atoms with van der Waals surface area (Å²) in [5.41, 5.74) is 6.26. The van der Waals surface area contributed by atoms with E-state index in [1.54, 1.807) is 41.5 Å². The number of nitrogens with two attached hydrogens (primary N) is 1. The number of carbonyl (C=O) groups is 1. The third-order valence-electron chi connectivity index (χ3n) is 3.25. The van der Waals surface area contributed by atoms with Crippen molar-refractivity contribution < 1.29 is 17.9 Å². The molecule has 5 nitrogen and oxygen atoms in total. The van der Waals surface area contributed by atoms with Gasteiger partial charge in [0.15, 0.2) is 9.84 Å². The number of hydrogen-bond donors (Lipinski definition) is 1. The first kappa shape index (κ1) is 18.0. The maximum Gasteiger partial charge on any atom is 0.350 e. The number of thiophene rings is 1. The SMILES string of the molecule is Cc1c(C(C)(C)S(C)(=O)=O)sc(C(=O)OC(C)(C)C)c1N. The molecular formula is C14H23NO4S2. The Labute approximate surface area is 130 Å². The summed E-state index contributed by atoms with van der Waals surface area (Å²) < 4.78 is 28.2. The Bertz CT molecular complexity index is 664. The molecule has 0 amide bonds. The van der Waals surface area contributed by atoms with E-state index >= 15 is 0 Å². The Morgan fingerprint density at radius 3 is 2.05 bits per heavy atom. The van der Waals surface area contributed by atoms with Gasteiger partial charge in [0, 0.05) is 11.1 Å². The maximum atomic E-state index is 12.2. The van der Waals surface area contributed by atoms with Crippen LogP contribution in [0.5, 0.6) is 0 Å². The Balaban J connectivity index is 3.38. The predicted molar refractivity (Wildman–Crippen MR) is 86.5 cm³/mol. The van der Waals surface area contributed by atoms with Crippen molar-refractivity contribution >= 4 is 32.8 Å². The molecule has 21 heavy (non-hydrogen) atoms. The minimum atomic E-state index is -3.34. The first-order chi connectivity index (χ1) is 9.18. The van der Waals surface area contributed by atoms with Gasteiger partial charge < -0.3 is 10.5 Å². The van der Waals surface area contributed by atoms with Crippen LogP contribution in [0.1, 0.15) is 54.7 Å². The molecule has 0 unspecified atom stereocenters. The minimum absolute atomic E-state index is 0.258. The standard InChI is InChI=1S/C14H23NO4S2/c1-8-9(15)10(12(16)19-13(2,3)4)20-11(8)14(5,6)21(7,17)18/h15H2,1-7H3. The number of carbonyl (C=O) groups excluding carboxylic acids is 1. The lowest BCUT2D eigenvalue weighted by Crippen LogP contribution is -2.27. The third kappa shape index (κ3) is 3.58. The summed E-state index contributed by atoms with van der Waals surface area (Å²) in [5, 5.41) is 0. The number of esters is 1. The van der Waals surface area contributed by atoms with Crippen molar-refractivity contribution in [2.24, 2.45) is 0 Å². The molecule has 0 atom stereocenters. The molecule has 0 saturated carbocycles. The second-order valence-electron chi connectivity index (χ2n) is 6.58. The summed E-state index contributed by atoms with van der Waals surface area (Å²) in [6.45, 7) is 10.2. The van der Waals surface area contributed by atoms with Crippen LogP contribution < -0.4 is 5.73 Å². The second kappa shape index (κ2) is 5.28. The molecule has 0 aliphatic carbocycles. The number of ether oxygens (including phenoxy) is 1. The smallest absolute Gasteiger partial charge is 0.350 e. The molecule has 0 bridgehead atoms. The highest BCUT2D eigenvalue weighted by Gasteiger charge is 2.38. The molecule has 2 N–H and O–H groups in total. The van der Waals surface area contributed by atoms with Gasteiger partial charge in [-0.2, -0.15) is 0 Å². The molecule has 0 saturated heterocycles. The summed E-state index contributed by atoms with van der Waals surface area (Å²) in [4.78, 5) is 13.0. The van der Waals surface area contributed by atoms with Crippen LogP contribution in [0.15, 0.2) is 0 Å². The minimum Gasteiger partial charge on any atom is -0.456 e. The number of hydrogen-bond acceptors (Lipinski definition) is 6. The molecule has 0 aliphatic heterocycles. The van der Waals surface area contributed by atoms with Gasteiger partial charge in [-0.1, -0.05) is 0 Å². The fourth-order valence-electron chi connectivity index (χ4n) is 1.75. The summed E-state index contributed by atoms with van der Waals surface area (Å²) in [5.74, 6) is -0.524. The van der Waals surface area contributed by atoms with Crippen LogP contribution in [-0.4, -0.2) is 26.2 Å². The van der Waals surface area contributed by atoms with Crippen LogP contribution in [0.25, 0.3) is 0 Å². The van der Waals surface area contributed by atoms with E-state index in [9.17, 15) is 13.2 Å². The van der Waals surface area contributed by atoms with Crippen molar-refractivity contribution in [3.05, 3.63) is 15.3 Å². The highest BCUT2D eigenvalue weighted by Crippen LogP contribution is 2.41. The molecule has 1 rings (SSSR count). The van der Waals surface area contributed by atoms with E-state index in [0.29, 0.717) is 16.1 Å². The van der Waals surface area contributed by atoms with E-state index in [1.165, 1.54) is 6.26 Å². The van der Waals surface area contributed by atoms with Gasteiger partial charge in [0.25, 0.3) is 0 Å². The van der Waals surface area contributed by atoms with E-state index < -0.39 is 26.2 Å². The lowest BCUT2D eigenvalue weighted by atomic mass is 10.1. The average Bonchev–Trinajstić information content (AvgIpc) is 2.52.